The standard InChI is InChI=1S/C26H25ClN2O3/c27-22-10-12-24(13-11-22)32-18-25(30)28-23-14-16-29(17-15-23)26(31)21-8-6-20(7-9-21)19-4-2-1-3-5-19/h1-13,23H,14-18H2,(H,28,30). The first kappa shape index (κ1) is 21.9. The predicted molar refractivity (Wildman–Crippen MR) is 126 cm³/mol. The summed E-state index contributed by atoms with van der Waals surface area (Å²) in [5, 5.41) is 3.62. The number of carbonyl (C=O) groups is 2. The molecule has 0 radical (unpaired) electrons. The number of hydrogen-bond acceptors (Lipinski definition) is 3. The summed E-state index contributed by atoms with van der Waals surface area (Å²) >= 11 is 5.85. The number of nitrogens with one attached hydrogen (secondary N) is 1. The zero-order chi connectivity index (χ0) is 22.3. The predicted octanol–water partition coefficient (Wildman–Crippen LogP) is 4.81. The number of benzene rings is 3. The molecule has 0 saturated carbocycles. The average Bonchev–Trinajstić information content (AvgIpc) is 2.84. The zero-order valence-electron chi connectivity index (χ0n) is 17.7. The molecule has 164 valence electrons. The van der Waals surface area contributed by atoms with E-state index in [1.165, 1.54) is 0 Å². The van der Waals surface area contributed by atoms with E-state index < -0.39 is 0 Å². The summed E-state index contributed by atoms with van der Waals surface area (Å²) in [5.74, 6) is 0.463. The molecule has 1 aliphatic rings. The van der Waals surface area contributed by atoms with Gasteiger partial charge in [-0.25, -0.2) is 0 Å². The SMILES string of the molecule is O=C(COc1ccc(Cl)cc1)NC1CCN(C(=O)c2ccc(-c3ccccc3)cc2)CC1. The molecule has 0 aliphatic carbocycles. The number of hydrogen-bond donors (Lipinski definition) is 1. The maximum atomic E-state index is 12.9. The lowest BCUT2D eigenvalue weighted by molar-refractivity contribution is -0.124. The Hall–Kier alpha value is -3.31. The molecule has 2 amide bonds. The van der Waals surface area contributed by atoms with Gasteiger partial charge in [0, 0.05) is 29.7 Å². The van der Waals surface area contributed by atoms with E-state index in [1.807, 2.05) is 47.4 Å². The Labute approximate surface area is 193 Å². The van der Waals surface area contributed by atoms with Gasteiger partial charge in [0.05, 0.1) is 0 Å². The Balaban J connectivity index is 1.23. The summed E-state index contributed by atoms with van der Waals surface area (Å²) in [6.45, 7) is 1.18. The van der Waals surface area contributed by atoms with Gasteiger partial charge in [-0.2, -0.15) is 0 Å². The van der Waals surface area contributed by atoms with Crippen LogP contribution in [-0.4, -0.2) is 42.5 Å². The molecular formula is C26H25ClN2O3. The normalized spacial score (nSPS) is 14.1. The fourth-order valence-corrected chi connectivity index (χ4v) is 3.92. The molecule has 1 N–H and O–H groups in total. The number of piperidine rings is 1. The number of amides is 2. The van der Waals surface area contributed by atoms with Crippen molar-refractivity contribution in [2.24, 2.45) is 0 Å². The highest BCUT2D eigenvalue weighted by Crippen LogP contribution is 2.21. The average molecular weight is 449 g/mol. The van der Waals surface area contributed by atoms with Gasteiger partial charge in [-0.15, -0.1) is 0 Å². The highest BCUT2D eigenvalue weighted by atomic mass is 35.5. The van der Waals surface area contributed by atoms with Crippen LogP contribution in [0.2, 0.25) is 5.02 Å². The van der Waals surface area contributed by atoms with Gasteiger partial charge in [0.25, 0.3) is 11.8 Å². The fourth-order valence-electron chi connectivity index (χ4n) is 3.79. The highest BCUT2D eigenvalue weighted by molar-refractivity contribution is 6.30. The van der Waals surface area contributed by atoms with Crippen LogP contribution in [0.3, 0.4) is 0 Å². The van der Waals surface area contributed by atoms with Gasteiger partial charge in [0.15, 0.2) is 6.61 Å². The van der Waals surface area contributed by atoms with Gasteiger partial charge in [-0.05, 0) is 60.4 Å². The van der Waals surface area contributed by atoms with Crippen LogP contribution < -0.4 is 10.1 Å². The molecule has 1 aliphatic heterocycles. The Bertz CT molecular complexity index is 1040. The summed E-state index contributed by atoms with van der Waals surface area (Å²) in [6, 6.07) is 24.8. The molecular weight excluding hydrogens is 424 g/mol. The van der Waals surface area contributed by atoms with E-state index in [1.54, 1.807) is 24.3 Å². The molecule has 0 atom stereocenters. The van der Waals surface area contributed by atoms with E-state index in [9.17, 15) is 9.59 Å². The van der Waals surface area contributed by atoms with E-state index in [-0.39, 0.29) is 24.5 Å². The summed E-state index contributed by atoms with van der Waals surface area (Å²) in [5.41, 5.74) is 2.90. The van der Waals surface area contributed by atoms with E-state index in [4.69, 9.17) is 16.3 Å². The Morgan fingerprint density at radius 2 is 1.50 bits per heavy atom. The largest absolute Gasteiger partial charge is 0.484 e. The maximum Gasteiger partial charge on any atom is 0.258 e. The van der Waals surface area contributed by atoms with Gasteiger partial charge in [0.1, 0.15) is 5.75 Å². The van der Waals surface area contributed by atoms with Crippen molar-refractivity contribution in [2.75, 3.05) is 19.7 Å². The van der Waals surface area contributed by atoms with Crippen molar-refractivity contribution >= 4 is 23.4 Å². The van der Waals surface area contributed by atoms with Gasteiger partial charge in [-0.1, -0.05) is 54.1 Å². The third kappa shape index (κ3) is 5.68. The first-order valence-electron chi connectivity index (χ1n) is 10.7. The molecule has 3 aromatic rings. The molecule has 5 nitrogen and oxygen atoms in total. The Morgan fingerprint density at radius 1 is 0.875 bits per heavy atom. The van der Waals surface area contributed by atoms with Gasteiger partial charge >= 0.3 is 0 Å². The van der Waals surface area contributed by atoms with Gasteiger partial charge in [-0.3, -0.25) is 9.59 Å². The van der Waals surface area contributed by atoms with Crippen LogP contribution in [0.5, 0.6) is 5.75 Å². The summed E-state index contributed by atoms with van der Waals surface area (Å²) in [7, 11) is 0. The van der Waals surface area contributed by atoms with Gasteiger partial charge in [0.2, 0.25) is 0 Å². The van der Waals surface area contributed by atoms with Crippen molar-refractivity contribution in [3.63, 3.8) is 0 Å². The first-order valence-corrected chi connectivity index (χ1v) is 11.1. The Morgan fingerprint density at radius 3 is 2.16 bits per heavy atom. The molecule has 1 saturated heterocycles. The number of ether oxygens (including phenoxy) is 1. The minimum Gasteiger partial charge on any atom is -0.484 e. The van der Waals surface area contributed by atoms with Crippen LogP contribution in [0.15, 0.2) is 78.9 Å². The topological polar surface area (TPSA) is 58.6 Å². The molecule has 3 aromatic carbocycles. The number of halogens is 1. The van der Waals surface area contributed by atoms with Crippen molar-refractivity contribution in [3.8, 4) is 16.9 Å². The van der Waals surface area contributed by atoms with Crippen LogP contribution >= 0.6 is 11.6 Å². The number of carbonyl (C=O) groups excluding carboxylic acids is 2. The molecule has 0 bridgehead atoms. The lowest BCUT2D eigenvalue weighted by Crippen LogP contribution is -2.47. The van der Waals surface area contributed by atoms with Crippen molar-refractivity contribution in [1.82, 2.24) is 10.2 Å². The van der Waals surface area contributed by atoms with E-state index >= 15 is 0 Å². The smallest absolute Gasteiger partial charge is 0.258 e. The summed E-state index contributed by atoms with van der Waals surface area (Å²) in [6.07, 6.45) is 1.45. The second-order valence-corrected chi connectivity index (χ2v) is 8.26. The van der Waals surface area contributed by atoms with Crippen LogP contribution in [-0.2, 0) is 4.79 Å². The van der Waals surface area contributed by atoms with E-state index in [2.05, 4.69) is 17.4 Å². The molecule has 0 spiro atoms. The minimum absolute atomic E-state index is 0.0282. The van der Waals surface area contributed by atoms with E-state index in [0.717, 1.165) is 24.0 Å². The first-order chi connectivity index (χ1) is 15.6. The molecule has 1 heterocycles. The van der Waals surface area contributed by atoms with Crippen LogP contribution in [0, 0.1) is 0 Å². The number of nitrogens with zero attached hydrogens (tertiary/aromatic N) is 1. The Kier molecular flexibility index (Phi) is 7.07. The van der Waals surface area contributed by atoms with Crippen molar-refractivity contribution in [1.29, 1.82) is 0 Å². The quantitative estimate of drug-likeness (QED) is 0.589. The number of likely N-dealkylation sites (tertiary alicyclic amines) is 1. The van der Waals surface area contributed by atoms with Gasteiger partial charge < -0.3 is 15.0 Å². The summed E-state index contributed by atoms with van der Waals surface area (Å²) < 4.78 is 5.49. The third-order valence-corrected chi connectivity index (χ3v) is 5.82. The monoisotopic (exact) mass is 448 g/mol. The van der Waals surface area contributed by atoms with Crippen molar-refractivity contribution < 1.29 is 14.3 Å². The highest BCUT2D eigenvalue weighted by Gasteiger charge is 2.24. The molecule has 1 fully saturated rings. The molecule has 32 heavy (non-hydrogen) atoms. The minimum atomic E-state index is -0.166. The molecule has 4 rings (SSSR count). The molecule has 6 heteroatoms. The lowest BCUT2D eigenvalue weighted by atomic mass is 10.0. The second-order valence-electron chi connectivity index (χ2n) is 7.82. The lowest BCUT2D eigenvalue weighted by Gasteiger charge is -2.32. The van der Waals surface area contributed by atoms with Crippen LogP contribution in [0.1, 0.15) is 23.2 Å². The molecule has 0 aromatic heterocycles. The van der Waals surface area contributed by atoms with E-state index in [0.29, 0.717) is 29.4 Å². The zero-order valence-corrected chi connectivity index (χ0v) is 18.4. The van der Waals surface area contributed by atoms with Crippen molar-refractivity contribution in [2.45, 2.75) is 18.9 Å². The molecule has 0 unspecified atom stereocenters. The number of rotatable bonds is 6. The van der Waals surface area contributed by atoms with Crippen LogP contribution in [0.25, 0.3) is 11.1 Å². The fraction of sp³-hybridized carbons (Fsp3) is 0.231. The maximum absolute atomic E-state index is 12.9. The summed E-state index contributed by atoms with van der Waals surface area (Å²) in [4.78, 5) is 26.9. The second kappa shape index (κ2) is 10.3. The third-order valence-electron chi connectivity index (χ3n) is 5.57. The van der Waals surface area contributed by atoms with Crippen LogP contribution in [0.4, 0.5) is 0 Å². The van der Waals surface area contributed by atoms with Crippen molar-refractivity contribution in [3.05, 3.63) is 89.4 Å².